The Kier molecular flexibility index (Phi) is 2.68. The minimum absolute atomic E-state index is 0.230. The Bertz CT molecular complexity index is 802. The second-order valence-electron chi connectivity index (χ2n) is 4.00. The number of aromatic nitrogens is 3. The summed E-state index contributed by atoms with van der Waals surface area (Å²) in [4.78, 5) is 16.1. The van der Waals surface area contributed by atoms with Crippen LogP contribution >= 0.6 is 0 Å². The van der Waals surface area contributed by atoms with Crippen LogP contribution in [0.2, 0.25) is 0 Å². The molecule has 0 aliphatic carbocycles. The molecule has 2 heterocycles. The van der Waals surface area contributed by atoms with Gasteiger partial charge in [0.15, 0.2) is 0 Å². The first kappa shape index (κ1) is 11.3. The largest absolute Gasteiger partial charge is 0.335 e. The van der Waals surface area contributed by atoms with Crippen LogP contribution in [0.3, 0.4) is 0 Å². The van der Waals surface area contributed by atoms with Crippen molar-refractivity contribution in [1.82, 2.24) is 14.8 Å². The monoisotopic (exact) mass is 254 g/mol. The van der Waals surface area contributed by atoms with E-state index in [-0.39, 0.29) is 11.3 Å². The Balaban J connectivity index is 2.07. The Morgan fingerprint density at radius 1 is 1.32 bits per heavy atom. The Morgan fingerprint density at radius 3 is 2.89 bits per heavy atom. The van der Waals surface area contributed by atoms with E-state index in [4.69, 9.17) is 4.52 Å². The Labute approximate surface area is 108 Å². The Morgan fingerprint density at radius 2 is 2.11 bits per heavy atom. The fourth-order valence-corrected chi connectivity index (χ4v) is 1.72. The molecule has 6 heteroatoms. The molecule has 0 radical (unpaired) electrons. The lowest BCUT2D eigenvalue weighted by Gasteiger charge is -1.96. The lowest BCUT2D eigenvalue weighted by atomic mass is 10.2. The maximum absolute atomic E-state index is 12.1. The zero-order chi connectivity index (χ0) is 13.2. The Hall–Kier alpha value is -2.76. The SMILES string of the molecule is Cc1noc2ncn(/N=C/c3ccccc3)c(=O)c12. The first-order valence-electron chi connectivity index (χ1n) is 5.69. The quantitative estimate of drug-likeness (QED) is 0.651. The van der Waals surface area contributed by atoms with Crippen molar-refractivity contribution in [3.8, 4) is 0 Å². The average Bonchev–Trinajstić information content (AvgIpc) is 2.82. The van der Waals surface area contributed by atoms with E-state index in [1.54, 1.807) is 13.1 Å². The summed E-state index contributed by atoms with van der Waals surface area (Å²) < 4.78 is 6.09. The van der Waals surface area contributed by atoms with E-state index in [1.165, 1.54) is 11.0 Å². The normalized spacial score (nSPS) is 11.4. The van der Waals surface area contributed by atoms with Gasteiger partial charge in [-0.3, -0.25) is 4.79 Å². The molecule has 0 amide bonds. The number of hydrogen-bond donors (Lipinski definition) is 0. The minimum atomic E-state index is -0.295. The van der Waals surface area contributed by atoms with E-state index in [0.717, 1.165) is 5.56 Å². The van der Waals surface area contributed by atoms with Crippen molar-refractivity contribution >= 4 is 17.3 Å². The van der Waals surface area contributed by atoms with Crippen LogP contribution in [0.1, 0.15) is 11.3 Å². The topological polar surface area (TPSA) is 73.3 Å². The summed E-state index contributed by atoms with van der Waals surface area (Å²) in [6, 6.07) is 9.50. The van der Waals surface area contributed by atoms with Gasteiger partial charge < -0.3 is 4.52 Å². The highest BCUT2D eigenvalue weighted by Gasteiger charge is 2.11. The van der Waals surface area contributed by atoms with Gasteiger partial charge in [0, 0.05) is 0 Å². The van der Waals surface area contributed by atoms with Crippen LogP contribution in [-0.2, 0) is 0 Å². The predicted molar refractivity (Wildman–Crippen MR) is 70.2 cm³/mol. The van der Waals surface area contributed by atoms with Crippen molar-refractivity contribution in [3.63, 3.8) is 0 Å². The molecular weight excluding hydrogens is 244 g/mol. The van der Waals surface area contributed by atoms with Crippen LogP contribution in [0.5, 0.6) is 0 Å². The molecule has 0 bridgehead atoms. The van der Waals surface area contributed by atoms with E-state index < -0.39 is 0 Å². The molecule has 6 nitrogen and oxygen atoms in total. The standard InChI is InChI=1S/C13H10N4O2/c1-9-11-12(19-16-9)14-8-17(13(11)18)15-7-10-5-3-2-4-6-10/h2-8H,1H3/b15-7+. The number of nitrogens with zero attached hydrogens (tertiary/aromatic N) is 4. The summed E-state index contributed by atoms with van der Waals surface area (Å²) in [5.41, 5.74) is 1.35. The average molecular weight is 254 g/mol. The molecule has 2 aromatic heterocycles. The lowest BCUT2D eigenvalue weighted by molar-refractivity contribution is 0.442. The predicted octanol–water partition coefficient (Wildman–Crippen LogP) is 1.58. The third-order valence-electron chi connectivity index (χ3n) is 2.68. The van der Waals surface area contributed by atoms with Gasteiger partial charge in [0.2, 0.25) is 0 Å². The minimum Gasteiger partial charge on any atom is -0.335 e. The molecule has 0 fully saturated rings. The third kappa shape index (κ3) is 2.03. The van der Waals surface area contributed by atoms with Gasteiger partial charge in [0.25, 0.3) is 11.3 Å². The zero-order valence-electron chi connectivity index (χ0n) is 10.1. The first-order chi connectivity index (χ1) is 9.25. The molecule has 0 spiro atoms. The smallest absolute Gasteiger partial charge is 0.287 e. The van der Waals surface area contributed by atoms with Gasteiger partial charge in [0.05, 0.1) is 11.9 Å². The van der Waals surface area contributed by atoms with Gasteiger partial charge in [-0.05, 0) is 12.5 Å². The van der Waals surface area contributed by atoms with Crippen LogP contribution in [0, 0.1) is 6.92 Å². The fourth-order valence-electron chi connectivity index (χ4n) is 1.72. The highest BCUT2D eigenvalue weighted by molar-refractivity contribution is 5.79. The van der Waals surface area contributed by atoms with Gasteiger partial charge in [-0.15, -0.1) is 0 Å². The maximum Gasteiger partial charge on any atom is 0.287 e. The van der Waals surface area contributed by atoms with Crippen molar-refractivity contribution in [2.24, 2.45) is 5.10 Å². The van der Waals surface area contributed by atoms with Gasteiger partial charge in [-0.2, -0.15) is 14.8 Å². The molecule has 0 N–H and O–H groups in total. The van der Waals surface area contributed by atoms with Gasteiger partial charge in [-0.25, -0.2) is 0 Å². The van der Waals surface area contributed by atoms with E-state index in [1.807, 2.05) is 30.3 Å². The summed E-state index contributed by atoms with van der Waals surface area (Å²) >= 11 is 0. The summed E-state index contributed by atoms with van der Waals surface area (Å²) in [6.07, 6.45) is 2.91. The number of benzene rings is 1. The molecule has 0 unspecified atom stereocenters. The highest BCUT2D eigenvalue weighted by Crippen LogP contribution is 2.09. The van der Waals surface area contributed by atoms with E-state index >= 15 is 0 Å². The lowest BCUT2D eigenvalue weighted by Crippen LogP contribution is -2.17. The van der Waals surface area contributed by atoms with E-state index in [0.29, 0.717) is 11.1 Å². The summed E-state index contributed by atoms with van der Waals surface area (Å²) in [5, 5.41) is 8.16. The van der Waals surface area contributed by atoms with Gasteiger partial charge >= 0.3 is 0 Å². The van der Waals surface area contributed by atoms with E-state index in [2.05, 4.69) is 15.2 Å². The van der Waals surface area contributed by atoms with Crippen molar-refractivity contribution in [3.05, 3.63) is 58.3 Å². The summed E-state index contributed by atoms with van der Waals surface area (Å²) in [5.74, 6) is 0. The molecule has 1 aromatic carbocycles. The van der Waals surface area contributed by atoms with Crippen LogP contribution in [-0.4, -0.2) is 21.0 Å². The fraction of sp³-hybridized carbons (Fsp3) is 0.0769. The van der Waals surface area contributed by atoms with Crippen molar-refractivity contribution in [1.29, 1.82) is 0 Å². The number of rotatable bonds is 2. The van der Waals surface area contributed by atoms with Crippen LogP contribution in [0.4, 0.5) is 0 Å². The zero-order valence-corrected chi connectivity index (χ0v) is 10.1. The number of fused-ring (bicyclic) bond motifs is 1. The molecule has 3 aromatic rings. The summed E-state index contributed by atoms with van der Waals surface area (Å²) in [7, 11) is 0. The molecule has 0 saturated carbocycles. The van der Waals surface area contributed by atoms with Crippen LogP contribution in [0.15, 0.2) is 51.1 Å². The molecule has 0 aliphatic heterocycles. The van der Waals surface area contributed by atoms with E-state index in [9.17, 15) is 4.79 Å². The number of hydrogen-bond acceptors (Lipinski definition) is 5. The van der Waals surface area contributed by atoms with Crippen LogP contribution in [0.25, 0.3) is 11.1 Å². The van der Waals surface area contributed by atoms with Gasteiger partial charge in [0.1, 0.15) is 11.7 Å². The molecular formula is C13H10N4O2. The molecule has 0 aliphatic rings. The third-order valence-corrected chi connectivity index (χ3v) is 2.68. The molecule has 19 heavy (non-hydrogen) atoms. The van der Waals surface area contributed by atoms with Crippen molar-refractivity contribution in [2.45, 2.75) is 6.92 Å². The van der Waals surface area contributed by atoms with Gasteiger partial charge in [-0.1, -0.05) is 35.5 Å². The molecule has 0 atom stereocenters. The number of aryl methyl sites for hydroxylation is 1. The maximum atomic E-state index is 12.1. The first-order valence-corrected chi connectivity index (χ1v) is 5.69. The molecule has 3 rings (SSSR count). The molecule has 94 valence electrons. The highest BCUT2D eigenvalue weighted by atomic mass is 16.5. The van der Waals surface area contributed by atoms with Crippen molar-refractivity contribution < 1.29 is 4.52 Å². The molecule has 0 saturated heterocycles. The van der Waals surface area contributed by atoms with Crippen LogP contribution < -0.4 is 5.56 Å². The summed E-state index contributed by atoms with van der Waals surface area (Å²) in [6.45, 7) is 1.69. The second kappa shape index (κ2) is 4.49. The van der Waals surface area contributed by atoms with Crippen molar-refractivity contribution in [2.75, 3.05) is 0 Å². The second-order valence-corrected chi connectivity index (χ2v) is 4.00.